The van der Waals surface area contributed by atoms with Crippen LogP contribution in [0.3, 0.4) is 0 Å². The second-order valence-electron chi connectivity index (χ2n) is 6.61. The summed E-state index contributed by atoms with van der Waals surface area (Å²) in [6.45, 7) is 15.1. The van der Waals surface area contributed by atoms with E-state index >= 15 is 0 Å². The van der Waals surface area contributed by atoms with Crippen LogP contribution in [0.2, 0.25) is 0 Å². The molecule has 0 heterocycles. The second kappa shape index (κ2) is 7.66. The third-order valence-electron chi connectivity index (χ3n) is 4.65. The lowest BCUT2D eigenvalue weighted by Crippen LogP contribution is -2.43. The number of amides is 1. The van der Waals surface area contributed by atoms with E-state index in [1.54, 1.807) is 6.92 Å². The molecule has 0 saturated heterocycles. The average molecular weight is 355 g/mol. The minimum absolute atomic E-state index is 0.0220. The molecule has 0 saturated carbocycles. The highest BCUT2D eigenvalue weighted by Crippen LogP contribution is 2.31. The Morgan fingerprint density at radius 2 is 1.38 bits per heavy atom. The van der Waals surface area contributed by atoms with E-state index in [1.807, 2.05) is 48.5 Å². The molecule has 1 aromatic carbocycles. The third kappa shape index (κ3) is 3.98. The van der Waals surface area contributed by atoms with Gasteiger partial charge in [0.2, 0.25) is 15.9 Å². The lowest BCUT2D eigenvalue weighted by Gasteiger charge is -2.25. The van der Waals surface area contributed by atoms with Gasteiger partial charge in [0.25, 0.3) is 0 Å². The second-order valence-corrected chi connectivity index (χ2v) is 8.48. The van der Waals surface area contributed by atoms with Crippen molar-refractivity contribution in [3.63, 3.8) is 0 Å². The summed E-state index contributed by atoms with van der Waals surface area (Å²) in [4.78, 5) is 12.4. The zero-order valence-electron chi connectivity index (χ0n) is 16.1. The van der Waals surface area contributed by atoms with Gasteiger partial charge in [-0.15, -0.1) is 0 Å². The number of carbonyl (C=O) groups excluding carboxylic acids is 1. The minimum atomic E-state index is -3.73. The number of benzene rings is 1. The first-order valence-electron chi connectivity index (χ1n) is 8.31. The van der Waals surface area contributed by atoms with Crippen molar-refractivity contribution >= 4 is 15.9 Å². The predicted molar refractivity (Wildman–Crippen MR) is 97.8 cm³/mol. The molecule has 0 radical (unpaired) electrons. The summed E-state index contributed by atoms with van der Waals surface area (Å²) in [6.07, 6.45) is 0. The van der Waals surface area contributed by atoms with Crippen LogP contribution in [-0.4, -0.2) is 37.8 Å². The molecule has 1 rings (SSSR count). The summed E-state index contributed by atoms with van der Waals surface area (Å²) < 4.78 is 27.6. The molecular formula is C18H30N2O3S. The van der Waals surface area contributed by atoms with Crippen LogP contribution in [-0.2, 0) is 14.8 Å². The molecule has 24 heavy (non-hydrogen) atoms. The Labute approximate surface area is 146 Å². The Morgan fingerprint density at radius 1 is 0.958 bits per heavy atom. The van der Waals surface area contributed by atoms with Crippen LogP contribution in [0.5, 0.6) is 0 Å². The van der Waals surface area contributed by atoms with Gasteiger partial charge in [0.05, 0.1) is 11.4 Å². The monoisotopic (exact) mass is 354 g/mol. The molecule has 0 aromatic heterocycles. The van der Waals surface area contributed by atoms with Crippen molar-refractivity contribution in [2.24, 2.45) is 0 Å². The Hall–Kier alpha value is -1.40. The van der Waals surface area contributed by atoms with Crippen LogP contribution >= 0.6 is 0 Å². The molecule has 0 atom stereocenters. The Kier molecular flexibility index (Phi) is 6.59. The zero-order valence-corrected chi connectivity index (χ0v) is 16.9. The molecule has 0 aliphatic carbocycles. The first-order chi connectivity index (χ1) is 10.9. The Balaban J connectivity index is 3.40. The fourth-order valence-corrected chi connectivity index (χ4v) is 4.84. The van der Waals surface area contributed by atoms with Crippen molar-refractivity contribution in [2.75, 3.05) is 13.1 Å². The summed E-state index contributed by atoms with van der Waals surface area (Å²) >= 11 is 0. The molecule has 5 nitrogen and oxygen atoms in total. The van der Waals surface area contributed by atoms with Gasteiger partial charge in [0.15, 0.2) is 0 Å². The summed E-state index contributed by atoms with van der Waals surface area (Å²) in [6, 6.07) is -0.0220. The van der Waals surface area contributed by atoms with Crippen LogP contribution in [0.25, 0.3) is 0 Å². The molecule has 1 amide bonds. The summed E-state index contributed by atoms with van der Waals surface area (Å²) in [7, 11) is -3.73. The standard InChI is InChI=1S/C18H30N2O3S/c1-9-20(10-17(21)19-11(2)3)24(22,23)18-15(7)13(5)12(4)14(6)16(18)8/h11H,9-10H2,1-8H3,(H,19,21). The molecule has 0 fully saturated rings. The van der Waals surface area contributed by atoms with Gasteiger partial charge in [-0.1, -0.05) is 6.92 Å². The molecule has 0 aliphatic rings. The number of sulfonamides is 1. The number of nitrogens with zero attached hydrogens (tertiary/aromatic N) is 1. The molecule has 0 bridgehead atoms. The first-order valence-corrected chi connectivity index (χ1v) is 9.75. The lowest BCUT2D eigenvalue weighted by molar-refractivity contribution is -0.121. The molecule has 0 aliphatic heterocycles. The van der Waals surface area contributed by atoms with Crippen LogP contribution in [0.4, 0.5) is 0 Å². The third-order valence-corrected chi connectivity index (χ3v) is 6.85. The summed E-state index contributed by atoms with van der Waals surface area (Å²) in [5.41, 5.74) is 4.61. The van der Waals surface area contributed by atoms with Crippen molar-refractivity contribution in [1.82, 2.24) is 9.62 Å². The van der Waals surface area contributed by atoms with Gasteiger partial charge in [-0.25, -0.2) is 8.42 Å². The van der Waals surface area contributed by atoms with E-state index in [2.05, 4.69) is 5.32 Å². The van der Waals surface area contributed by atoms with E-state index in [9.17, 15) is 13.2 Å². The van der Waals surface area contributed by atoms with Gasteiger partial charge in [-0.3, -0.25) is 4.79 Å². The van der Waals surface area contributed by atoms with Gasteiger partial charge in [-0.2, -0.15) is 4.31 Å². The van der Waals surface area contributed by atoms with Crippen molar-refractivity contribution in [3.8, 4) is 0 Å². The van der Waals surface area contributed by atoms with Crippen molar-refractivity contribution < 1.29 is 13.2 Å². The fourth-order valence-electron chi connectivity index (χ4n) is 2.88. The number of hydrogen-bond acceptors (Lipinski definition) is 3. The Morgan fingerprint density at radius 3 is 1.75 bits per heavy atom. The highest BCUT2D eigenvalue weighted by Gasteiger charge is 2.30. The number of likely N-dealkylation sites (N-methyl/N-ethyl adjacent to an activating group) is 1. The maximum absolute atomic E-state index is 13.2. The minimum Gasteiger partial charge on any atom is -0.353 e. The molecule has 0 spiro atoms. The SMILES string of the molecule is CCN(CC(=O)NC(C)C)S(=O)(=O)c1c(C)c(C)c(C)c(C)c1C. The molecule has 1 N–H and O–H groups in total. The van der Waals surface area contributed by atoms with Gasteiger partial charge in [0, 0.05) is 12.6 Å². The summed E-state index contributed by atoms with van der Waals surface area (Å²) in [5, 5.41) is 2.75. The highest BCUT2D eigenvalue weighted by atomic mass is 32.2. The predicted octanol–water partition coefficient (Wildman–Crippen LogP) is 2.76. The molecule has 0 unspecified atom stereocenters. The van der Waals surface area contributed by atoms with E-state index in [0.29, 0.717) is 4.90 Å². The zero-order chi connectivity index (χ0) is 18.8. The van der Waals surface area contributed by atoms with Crippen molar-refractivity contribution in [3.05, 3.63) is 27.8 Å². The Bertz CT molecular complexity index is 708. The number of rotatable bonds is 6. The van der Waals surface area contributed by atoms with Crippen LogP contribution < -0.4 is 5.32 Å². The highest BCUT2D eigenvalue weighted by molar-refractivity contribution is 7.89. The number of hydrogen-bond donors (Lipinski definition) is 1. The first kappa shape index (κ1) is 20.6. The van der Waals surface area contributed by atoms with E-state index < -0.39 is 10.0 Å². The summed E-state index contributed by atoms with van der Waals surface area (Å²) in [5.74, 6) is -0.286. The lowest BCUT2D eigenvalue weighted by atomic mass is 9.95. The van der Waals surface area contributed by atoms with E-state index in [-0.39, 0.29) is 25.0 Å². The number of carbonyl (C=O) groups is 1. The van der Waals surface area contributed by atoms with E-state index in [4.69, 9.17) is 0 Å². The van der Waals surface area contributed by atoms with Gasteiger partial charge >= 0.3 is 0 Å². The van der Waals surface area contributed by atoms with Crippen molar-refractivity contribution in [1.29, 1.82) is 0 Å². The van der Waals surface area contributed by atoms with Crippen molar-refractivity contribution in [2.45, 2.75) is 66.3 Å². The largest absolute Gasteiger partial charge is 0.353 e. The van der Waals surface area contributed by atoms with E-state index in [0.717, 1.165) is 27.8 Å². The maximum atomic E-state index is 13.2. The topological polar surface area (TPSA) is 66.5 Å². The van der Waals surface area contributed by atoms with Crippen LogP contribution in [0.15, 0.2) is 4.90 Å². The fraction of sp³-hybridized carbons (Fsp3) is 0.611. The van der Waals surface area contributed by atoms with E-state index in [1.165, 1.54) is 4.31 Å². The van der Waals surface area contributed by atoms with Gasteiger partial charge in [0.1, 0.15) is 0 Å². The smallest absolute Gasteiger partial charge is 0.244 e. The molecule has 1 aromatic rings. The molecule has 6 heteroatoms. The van der Waals surface area contributed by atoms with Crippen LogP contribution in [0.1, 0.15) is 48.6 Å². The van der Waals surface area contributed by atoms with Gasteiger partial charge in [-0.05, 0) is 76.3 Å². The normalized spacial score (nSPS) is 12.1. The average Bonchev–Trinajstić information content (AvgIpc) is 2.47. The number of nitrogens with one attached hydrogen (secondary N) is 1. The quantitative estimate of drug-likeness (QED) is 0.854. The van der Waals surface area contributed by atoms with Gasteiger partial charge < -0.3 is 5.32 Å². The maximum Gasteiger partial charge on any atom is 0.244 e. The molecule has 136 valence electrons. The molecular weight excluding hydrogens is 324 g/mol. The van der Waals surface area contributed by atoms with Crippen LogP contribution in [0, 0.1) is 34.6 Å².